The lowest BCUT2D eigenvalue weighted by Gasteiger charge is -2.07. The fraction of sp³-hybridized carbons (Fsp3) is 0.0357. The zero-order valence-electron chi connectivity index (χ0n) is 19.2. The number of carbonyl (C=O) groups excluding carboxylic acids is 2. The third-order valence-corrected chi connectivity index (χ3v) is 6.33. The van der Waals surface area contributed by atoms with Crippen LogP contribution in [-0.4, -0.2) is 28.2 Å². The summed E-state index contributed by atoms with van der Waals surface area (Å²) in [5, 5.41) is 7.41. The van der Waals surface area contributed by atoms with Crippen LogP contribution in [0.5, 0.6) is 0 Å². The van der Waals surface area contributed by atoms with Gasteiger partial charge in [-0.05, 0) is 84.9 Å². The quantitative estimate of drug-likeness (QED) is 0.181. The number of hydrogen-bond donors (Lipinski definition) is 3. The molecule has 3 N–H and O–H groups in total. The summed E-state index contributed by atoms with van der Waals surface area (Å²) in [6.45, 7) is 0.0897. The van der Waals surface area contributed by atoms with Crippen LogP contribution in [0.15, 0.2) is 84.9 Å². The Morgan fingerprint density at radius 1 is 0.730 bits per heavy atom. The number of Topliss-reactive ketones (excluding diaryl/α,β-unsaturated/α-hetero) is 1. The molecule has 0 unspecified atom stereocenters. The van der Waals surface area contributed by atoms with Crippen molar-refractivity contribution >= 4 is 68.9 Å². The van der Waals surface area contributed by atoms with Crippen LogP contribution in [0.3, 0.4) is 0 Å². The molecule has 1 heterocycles. The van der Waals surface area contributed by atoms with Crippen LogP contribution >= 0.6 is 34.8 Å². The van der Waals surface area contributed by atoms with Gasteiger partial charge in [0.2, 0.25) is 0 Å². The van der Waals surface area contributed by atoms with E-state index in [1.807, 2.05) is 42.5 Å². The number of H-pyrrole nitrogens is 1. The lowest BCUT2D eigenvalue weighted by molar-refractivity contribution is 0.100. The lowest BCUT2D eigenvalue weighted by atomic mass is 10.1. The Balaban J connectivity index is 1.26. The van der Waals surface area contributed by atoms with E-state index in [0.29, 0.717) is 37.7 Å². The largest absolute Gasteiger partial charge is 0.378 e. The van der Waals surface area contributed by atoms with Crippen molar-refractivity contribution in [1.29, 1.82) is 0 Å². The van der Waals surface area contributed by atoms with E-state index >= 15 is 0 Å². The minimum atomic E-state index is -0.217. The Labute approximate surface area is 227 Å². The molecule has 0 fully saturated rings. The maximum Gasteiger partial charge on any atom is 0.255 e. The molecule has 0 atom stereocenters. The van der Waals surface area contributed by atoms with E-state index in [4.69, 9.17) is 34.8 Å². The number of nitrogens with zero attached hydrogens (tertiary/aromatic N) is 1. The Morgan fingerprint density at radius 2 is 1.41 bits per heavy atom. The van der Waals surface area contributed by atoms with E-state index in [1.54, 1.807) is 42.5 Å². The summed E-state index contributed by atoms with van der Waals surface area (Å²) in [7, 11) is 0. The van der Waals surface area contributed by atoms with E-state index < -0.39 is 0 Å². The number of anilines is 2. The standard InChI is InChI=1S/C28H19Cl3N4O2/c29-19-5-1-17(2-6-19)28(37)33-22-7-3-16(4-8-22)27-34-24-10-9-23(14-25(24)35-27)32-15-26(36)18-11-20(30)13-21(31)12-18/h1-14,32H,15H2,(H,33,37)(H,34,35). The molecule has 0 aliphatic rings. The highest BCUT2D eigenvalue weighted by molar-refractivity contribution is 6.35. The number of carbonyl (C=O) groups is 2. The summed E-state index contributed by atoms with van der Waals surface area (Å²) >= 11 is 17.9. The summed E-state index contributed by atoms with van der Waals surface area (Å²) in [4.78, 5) is 32.9. The van der Waals surface area contributed by atoms with Crippen molar-refractivity contribution in [3.63, 3.8) is 0 Å². The normalized spacial score (nSPS) is 10.9. The third-order valence-electron chi connectivity index (χ3n) is 5.64. The maximum absolute atomic E-state index is 12.5. The third kappa shape index (κ3) is 5.94. The van der Waals surface area contributed by atoms with E-state index in [9.17, 15) is 9.59 Å². The first-order valence-corrected chi connectivity index (χ1v) is 12.4. The number of imidazole rings is 1. The smallest absolute Gasteiger partial charge is 0.255 e. The zero-order valence-corrected chi connectivity index (χ0v) is 21.5. The molecule has 0 spiro atoms. The first kappa shape index (κ1) is 24.8. The molecule has 0 saturated heterocycles. The highest BCUT2D eigenvalue weighted by Gasteiger charge is 2.11. The van der Waals surface area contributed by atoms with Gasteiger partial charge >= 0.3 is 0 Å². The molecule has 4 aromatic carbocycles. The summed E-state index contributed by atoms with van der Waals surface area (Å²) in [6, 6.07) is 24.5. The number of amides is 1. The van der Waals surface area contributed by atoms with Crippen molar-refractivity contribution in [3.8, 4) is 11.4 Å². The van der Waals surface area contributed by atoms with Crippen LogP contribution in [0.25, 0.3) is 22.4 Å². The Bertz CT molecular complexity index is 1590. The van der Waals surface area contributed by atoms with Crippen molar-refractivity contribution < 1.29 is 9.59 Å². The van der Waals surface area contributed by atoms with Crippen LogP contribution in [0.2, 0.25) is 15.1 Å². The minimum Gasteiger partial charge on any atom is -0.378 e. The number of halogens is 3. The molecule has 5 aromatic rings. The van der Waals surface area contributed by atoms with Crippen molar-refractivity contribution in [2.24, 2.45) is 0 Å². The molecule has 37 heavy (non-hydrogen) atoms. The van der Waals surface area contributed by atoms with Gasteiger partial charge in [0, 0.05) is 43.1 Å². The predicted octanol–water partition coefficient (Wildman–Crippen LogP) is 7.74. The number of hydrogen-bond acceptors (Lipinski definition) is 4. The van der Waals surface area contributed by atoms with E-state index in [2.05, 4.69) is 20.6 Å². The van der Waals surface area contributed by atoms with E-state index in [1.165, 1.54) is 0 Å². The van der Waals surface area contributed by atoms with Crippen molar-refractivity contribution in [1.82, 2.24) is 9.97 Å². The SMILES string of the molecule is O=C(CNc1ccc2nc(-c3ccc(NC(=O)c4ccc(Cl)cc4)cc3)[nH]c2c1)c1cc(Cl)cc(Cl)c1. The minimum absolute atomic E-state index is 0.0897. The van der Waals surface area contributed by atoms with Gasteiger partial charge < -0.3 is 15.6 Å². The average molecular weight is 550 g/mol. The van der Waals surface area contributed by atoms with Crippen molar-refractivity contribution in [2.45, 2.75) is 0 Å². The Kier molecular flexibility index (Phi) is 7.15. The van der Waals surface area contributed by atoms with E-state index in [-0.39, 0.29) is 18.2 Å². The Hall–Kier alpha value is -3.84. The monoisotopic (exact) mass is 548 g/mol. The zero-order chi connectivity index (χ0) is 25.9. The predicted molar refractivity (Wildman–Crippen MR) is 150 cm³/mol. The van der Waals surface area contributed by atoms with Crippen molar-refractivity contribution in [2.75, 3.05) is 17.2 Å². The summed E-state index contributed by atoms with van der Waals surface area (Å²) in [5.41, 5.74) is 4.87. The first-order valence-electron chi connectivity index (χ1n) is 11.2. The topological polar surface area (TPSA) is 86.9 Å². The van der Waals surface area contributed by atoms with Gasteiger partial charge in [-0.15, -0.1) is 0 Å². The number of aromatic amines is 1. The van der Waals surface area contributed by atoms with Gasteiger partial charge in [0.1, 0.15) is 5.82 Å². The van der Waals surface area contributed by atoms with Crippen LogP contribution in [-0.2, 0) is 0 Å². The van der Waals surface area contributed by atoms with Gasteiger partial charge in [-0.1, -0.05) is 34.8 Å². The first-order chi connectivity index (χ1) is 17.8. The van der Waals surface area contributed by atoms with Gasteiger partial charge in [0.15, 0.2) is 5.78 Å². The van der Waals surface area contributed by atoms with Crippen molar-refractivity contribution in [3.05, 3.63) is 111 Å². The molecule has 0 aliphatic heterocycles. The van der Waals surface area contributed by atoms with Crippen LogP contribution in [0, 0.1) is 0 Å². The molecule has 5 rings (SSSR count). The average Bonchev–Trinajstić information content (AvgIpc) is 3.31. The number of ketones is 1. The number of aromatic nitrogens is 2. The van der Waals surface area contributed by atoms with Crippen LogP contribution in [0.1, 0.15) is 20.7 Å². The molecule has 6 nitrogen and oxygen atoms in total. The fourth-order valence-electron chi connectivity index (χ4n) is 3.77. The molecule has 184 valence electrons. The van der Waals surface area contributed by atoms with Gasteiger partial charge in [0.25, 0.3) is 5.91 Å². The molecule has 9 heteroatoms. The molecule has 0 aliphatic carbocycles. The fourth-order valence-corrected chi connectivity index (χ4v) is 4.42. The van der Waals surface area contributed by atoms with Crippen LogP contribution in [0.4, 0.5) is 11.4 Å². The van der Waals surface area contributed by atoms with Gasteiger partial charge in [0.05, 0.1) is 17.6 Å². The Morgan fingerprint density at radius 3 is 2.11 bits per heavy atom. The molecular formula is C28H19Cl3N4O2. The number of benzene rings is 4. The molecule has 0 radical (unpaired) electrons. The highest BCUT2D eigenvalue weighted by atomic mass is 35.5. The molecule has 1 amide bonds. The van der Waals surface area contributed by atoms with Gasteiger partial charge in [-0.25, -0.2) is 4.98 Å². The molecule has 0 saturated carbocycles. The highest BCUT2D eigenvalue weighted by Crippen LogP contribution is 2.25. The number of nitrogens with one attached hydrogen (secondary N) is 3. The second kappa shape index (κ2) is 10.6. The molecule has 1 aromatic heterocycles. The molecular weight excluding hydrogens is 531 g/mol. The maximum atomic E-state index is 12.5. The van der Waals surface area contributed by atoms with Gasteiger partial charge in [-0.3, -0.25) is 9.59 Å². The van der Waals surface area contributed by atoms with Gasteiger partial charge in [-0.2, -0.15) is 0 Å². The summed E-state index contributed by atoms with van der Waals surface area (Å²) < 4.78 is 0. The summed E-state index contributed by atoms with van der Waals surface area (Å²) in [5.74, 6) is 0.343. The number of fused-ring (bicyclic) bond motifs is 1. The number of rotatable bonds is 7. The lowest BCUT2D eigenvalue weighted by Crippen LogP contribution is -2.14. The summed E-state index contributed by atoms with van der Waals surface area (Å²) in [6.07, 6.45) is 0. The van der Waals surface area contributed by atoms with Crippen LogP contribution < -0.4 is 10.6 Å². The second-order valence-corrected chi connectivity index (χ2v) is 9.60. The van der Waals surface area contributed by atoms with E-state index in [0.717, 1.165) is 22.3 Å². The molecule has 0 bridgehead atoms. The second-order valence-electron chi connectivity index (χ2n) is 8.29.